The van der Waals surface area contributed by atoms with Gasteiger partial charge in [-0.1, -0.05) is 24.3 Å². The van der Waals surface area contributed by atoms with Crippen LogP contribution in [-0.4, -0.2) is 30.6 Å². The van der Waals surface area contributed by atoms with Crippen LogP contribution in [-0.2, 0) is 6.54 Å². The number of benzene rings is 2. The number of aromatic nitrogens is 5. The van der Waals surface area contributed by atoms with Crippen LogP contribution in [0.4, 0.5) is 11.8 Å². The minimum absolute atomic E-state index is 0.209. The molecule has 0 unspecified atom stereocenters. The van der Waals surface area contributed by atoms with Crippen LogP contribution in [0.5, 0.6) is 0 Å². The van der Waals surface area contributed by atoms with Gasteiger partial charge in [-0.05, 0) is 48.0 Å². The van der Waals surface area contributed by atoms with Crippen molar-refractivity contribution in [3.8, 4) is 11.3 Å². The predicted octanol–water partition coefficient (Wildman–Crippen LogP) is 3.06. The Morgan fingerprint density at radius 2 is 1.91 bits per heavy atom. The largest absolute Gasteiger partial charge is 0.384 e. The average molecular weight is 437 g/mol. The average Bonchev–Trinajstić information content (AvgIpc) is 3.23. The van der Waals surface area contributed by atoms with E-state index >= 15 is 0 Å². The maximum absolute atomic E-state index is 12.8. The first kappa shape index (κ1) is 20.1. The molecule has 0 spiro atoms. The summed E-state index contributed by atoms with van der Waals surface area (Å²) in [7, 11) is 0. The van der Waals surface area contributed by atoms with Gasteiger partial charge in [0.2, 0.25) is 5.95 Å². The number of nitrogens with two attached hydrogens (primary N) is 1. The highest BCUT2D eigenvalue weighted by molar-refractivity contribution is 6.04. The Morgan fingerprint density at radius 1 is 1.03 bits per heavy atom. The number of carbonyl (C=O) groups excluding carboxylic acids is 1. The summed E-state index contributed by atoms with van der Waals surface area (Å²) in [5.74, 6) is 0.469. The number of aromatic amines is 1. The van der Waals surface area contributed by atoms with E-state index in [9.17, 15) is 9.59 Å². The highest BCUT2D eigenvalue weighted by atomic mass is 16.2. The SMILES string of the molecule is Nc1ccc(-c2ccc(=O)n(Cc3cccc(C(=O)Nc4nc5ccccc5[nH]4)c3)n2)cn1. The maximum atomic E-state index is 12.8. The fourth-order valence-corrected chi connectivity index (χ4v) is 3.45. The molecular formula is C24H19N7O2. The van der Waals surface area contributed by atoms with Gasteiger partial charge in [0, 0.05) is 23.4 Å². The number of H-pyrrole nitrogens is 1. The van der Waals surface area contributed by atoms with E-state index in [1.54, 1.807) is 42.6 Å². The van der Waals surface area contributed by atoms with E-state index in [1.807, 2.05) is 30.3 Å². The molecule has 0 fully saturated rings. The molecule has 2 aromatic carbocycles. The monoisotopic (exact) mass is 437 g/mol. The number of imidazole rings is 1. The van der Waals surface area contributed by atoms with Crippen LogP contribution in [0.3, 0.4) is 0 Å². The number of anilines is 2. The third-order valence-corrected chi connectivity index (χ3v) is 5.09. The summed E-state index contributed by atoms with van der Waals surface area (Å²) in [4.78, 5) is 36.6. The van der Waals surface area contributed by atoms with Crippen molar-refractivity contribution in [2.45, 2.75) is 6.54 Å². The van der Waals surface area contributed by atoms with Crippen molar-refractivity contribution in [3.63, 3.8) is 0 Å². The van der Waals surface area contributed by atoms with E-state index in [4.69, 9.17) is 5.73 Å². The van der Waals surface area contributed by atoms with Crippen molar-refractivity contribution in [2.75, 3.05) is 11.1 Å². The molecule has 5 rings (SSSR count). The second-order valence-electron chi connectivity index (χ2n) is 7.44. The number of carbonyl (C=O) groups is 1. The molecule has 33 heavy (non-hydrogen) atoms. The standard InChI is InChI=1S/C24H19N7O2/c25-21-10-8-17(13-26-21)18-9-11-22(32)31(30-18)14-15-4-3-5-16(12-15)23(33)29-24-27-19-6-1-2-7-20(19)28-24/h1-13H,14H2,(H2,25,26)(H2,27,28,29,33). The number of pyridine rings is 1. The maximum Gasteiger partial charge on any atom is 0.267 e. The van der Waals surface area contributed by atoms with Crippen LogP contribution in [0.15, 0.2) is 83.8 Å². The first-order valence-electron chi connectivity index (χ1n) is 10.2. The molecule has 0 aliphatic heterocycles. The Balaban J connectivity index is 1.37. The van der Waals surface area contributed by atoms with Crippen molar-refractivity contribution >= 4 is 28.7 Å². The fourth-order valence-electron chi connectivity index (χ4n) is 3.45. The van der Waals surface area contributed by atoms with Crippen molar-refractivity contribution in [3.05, 3.63) is 100 Å². The summed E-state index contributed by atoms with van der Waals surface area (Å²) in [6.45, 7) is 0.209. The van der Waals surface area contributed by atoms with E-state index in [2.05, 4.69) is 25.4 Å². The minimum Gasteiger partial charge on any atom is -0.384 e. The quantitative estimate of drug-likeness (QED) is 0.387. The number of para-hydroxylation sites is 2. The first-order valence-corrected chi connectivity index (χ1v) is 10.2. The summed E-state index contributed by atoms with van der Waals surface area (Å²) in [5, 5.41) is 7.22. The van der Waals surface area contributed by atoms with Crippen molar-refractivity contribution in [1.82, 2.24) is 24.7 Å². The topological polar surface area (TPSA) is 132 Å². The first-order chi connectivity index (χ1) is 16.0. The second-order valence-corrected chi connectivity index (χ2v) is 7.44. The van der Waals surface area contributed by atoms with Gasteiger partial charge in [0.15, 0.2) is 0 Å². The molecular weight excluding hydrogens is 418 g/mol. The number of hydrogen-bond donors (Lipinski definition) is 3. The van der Waals surface area contributed by atoms with Crippen LogP contribution < -0.4 is 16.6 Å². The predicted molar refractivity (Wildman–Crippen MR) is 126 cm³/mol. The Labute approximate surface area is 187 Å². The van der Waals surface area contributed by atoms with Gasteiger partial charge < -0.3 is 10.7 Å². The van der Waals surface area contributed by atoms with Crippen LogP contribution >= 0.6 is 0 Å². The summed E-state index contributed by atoms with van der Waals surface area (Å²) < 4.78 is 1.35. The van der Waals surface area contributed by atoms with E-state index < -0.39 is 0 Å². The fraction of sp³-hybridized carbons (Fsp3) is 0.0417. The molecule has 0 bridgehead atoms. The molecule has 5 aromatic rings. The molecule has 0 radical (unpaired) electrons. The number of rotatable bonds is 5. The van der Waals surface area contributed by atoms with Gasteiger partial charge in [-0.2, -0.15) is 5.10 Å². The molecule has 162 valence electrons. The highest BCUT2D eigenvalue weighted by Crippen LogP contribution is 2.16. The number of hydrogen-bond acceptors (Lipinski definition) is 6. The minimum atomic E-state index is -0.307. The van der Waals surface area contributed by atoms with Gasteiger partial charge in [0.05, 0.1) is 23.3 Å². The molecule has 0 saturated heterocycles. The van der Waals surface area contributed by atoms with Gasteiger partial charge >= 0.3 is 0 Å². The Hall–Kier alpha value is -4.79. The Bertz CT molecular complexity index is 1490. The van der Waals surface area contributed by atoms with Crippen molar-refractivity contribution in [2.24, 2.45) is 0 Å². The molecule has 9 heteroatoms. The third-order valence-electron chi connectivity index (χ3n) is 5.09. The lowest BCUT2D eigenvalue weighted by Gasteiger charge is -2.09. The molecule has 3 aromatic heterocycles. The van der Waals surface area contributed by atoms with Gasteiger partial charge in [-0.25, -0.2) is 14.6 Å². The van der Waals surface area contributed by atoms with Crippen molar-refractivity contribution < 1.29 is 4.79 Å². The summed E-state index contributed by atoms with van der Waals surface area (Å²) >= 11 is 0. The van der Waals surface area contributed by atoms with Crippen LogP contribution in [0.2, 0.25) is 0 Å². The Morgan fingerprint density at radius 3 is 2.73 bits per heavy atom. The molecule has 0 saturated carbocycles. The molecule has 0 aliphatic carbocycles. The molecule has 4 N–H and O–H groups in total. The highest BCUT2D eigenvalue weighted by Gasteiger charge is 2.11. The second kappa shape index (κ2) is 8.39. The lowest BCUT2D eigenvalue weighted by atomic mass is 10.1. The smallest absolute Gasteiger partial charge is 0.267 e. The molecule has 0 atom stereocenters. The van der Waals surface area contributed by atoms with Gasteiger partial charge in [0.25, 0.3) is 11.5 Å². The summed E-state index contributed by atoms with van der Waals surface area (Å²) in [5.41, 5.74) is 9.54. The lowest BCUT2D eigenvalue weighted by Crippen LogP contribution is -2.23. The molecule has 0 aliphatic rings. The van der Waals surface area contributed by atoms with E-state index in [0.29, 0.717) is 23.0 Å². The zero-order valence-electron chi connectivity index (χ0n) is 17.4. The van der Waals surface area contributed by atoms with Crippen molar-refractivity contribution in [1.29, 1.82) is 0 Å². The molecule has 3 heterocycles. The van der Waals surface area contributed by atoms with E-state index in [1.165, 1.54) is 10.7 Å². The van der Waals surface area contributed by atoms with Crippen LogP contribution in [0.1, 0.15) is 15.9 Å². The van der Waals surface area contributed by atoms with Crippen LogP contribution in [0.25, 0.3) is 22.3 Å². The number of nitrogens with one attached hydrogen (secondary N) is 2. The van der Waals surface area contributed by atoms with Gasteiger partial charge in [0.1, 0.15) is 5.82 Å². The van der Waals surface area contributed by atoms with Gasteiger partial charge in [-0.3, -0.25) is 14.9 Å². The zero-order valence-corrected chi connectivity index (χ0v) is 17.4. The molecule has 1 amide bonds. The number of nitrogen functional groups attached to an aromatic ring is 1. The van der Waals surface area contributed by atoms with Gasteiger partial charge in [-0.15, -0.1) is 0 Å². The third kappa shape index (κ3) is 4.33. The van der Waals surface area contributed by atoms with Crippen LogP contribution in [0, 0.1) is 0 Å². The molecule has 9 nitrogen and oxygen atoms in total. The number of nitrogens with zero attached hydrogens (tertiary/aromatic N) is 4. The zero-order chi connectivity index (χ0) is 22.8. The van der Waals surface area contributed by atoms with E-state index in [-0.39, 0.29) is 18.0 Å². The summed E-state index contributed by atoms with van der Waals surface area (Å²) in [6, 6.07) is 21.1. The Kier molecular flexibility index (Phi) is 5.12. The normalized spacial score (nSPS) is 10.9. The lowest BCUT2D eigenvalue weighted by molar-refractivity contribution is 0.102. The number of amides is 1. The van der Waals surface area contributed by atoms with E-state index in [0.717, 1.165) is 22.2 Å². The summed E-state index contributed by atoms with van der Waals surface area (Å²) in [6.07, 6.45) is 1.61. The number of fused-ring (bicyclic) bond motifs is 1.